The molecule has 174 valence electrons. The lowest BCUT2D eigenvalue weighted by Crippen LogP contribution is -2.32. The number of hydrogen-bond donors (Lipinski definition) is 0. The average molecular weight is 419 g/mol. The molecule has 0 aliphatic heterocycles. The summed E-state index contributed by atoms with van der Waals surface area (Å²) in [6, 6.07) is 0. The van der Waals surface area contributed by atoms with Gasteiger partial charge in [-0.1, -0.05) is 71.6 Å². The van der Waals surface area contributed by atoms with Gasteiger partial charge < -0.3 is 4.74 Å². The largest absolute Gasteiger partial charge is 0.462 e. The van der Waals surface area contributed by atoms with Crippen LogP contribution < -0.4 is 0 Å². The first kappa shape index (κ1) is 24.1. The quantitative estimate of drug-likeness (QED) is 0.263. The second-order valence-electron chi connectivity index (χ2n) is 11.1. The molecule has 0 amide bonds. The van der Waals surface area contributed by atoms with Gasteiger partial charge in [-0.25, -0.2) is 0 Å². The molecule has 3 aliphatic rings. The predicted molar refractivity (Wildman–Crippen MR) is 126 cm³/mol. The maximum Gasteiger partial charge on any atom is 0.309 e. The van der Waals surface area contributed by atoms with E-state index < -0.39 is 0 Å². The molecule has 0 N–H and O–H groups in total. The van der Waals surface area contributed by atoms with Crippen LogP contribution in [0.5, 0.6) is 0 Å². The molecule has 0 saturated heterocycles. The Morgan fingerprint density at radius 1 is 0.633 bits per heavy atom. The highest BCUT2D eigenvalue weighted by Gasteiger charge is 2.34. The topological polar surface area (TPSA) is 26.3 Å². The van der Waals surface area contributed by atoms with E-state index in [1.807, 2.05) is 0 Å². The van der Waals surface area contributed by atoms with Gasteiger partial charge in [0, 0.05) is 0 Å². The zero-order valence-corrected chi connectivity index (χ0v) is 20.2. The number of rotatable bonds is 10. The molecule has 0 unspecified atom stereocenters. The summed E-state index contributed by atoms with van der Waals surface area (Å²) in [7, 11) is 0. The molecule has 0 spiro atoms. The number of carbonyl (C=O) groups excluding carboxylic acids is 1. The van der Waals surface area contributed by atoms with Crippen LogP contribution in [0.25, 0.3) is 0 Å². The van der Waals surface area contributed by atoms with Crippen LogP contribution >= 0.6 is 0 Å². The molecule has 2 heteroatoms. The number of unbranched alkanes of at least 4 members (excludes halogenated alkanes) is 3. The van der Waals surface area contributed by atoms with Crippen molar-refractivity contribution >= 4 is 5.97 Å². The minimum Gasteiger partial charge on any atom is -0.462 e. The van der Waals surface area contributed by atoms with Crippen molar-refractivity contribution in [1.82, 2.24) is 0 Å². The molecule has 2 nitrogen and oxygen atoms in total. The van der Waals surface area contributed by atoms with Crippen molar-refractivity contribution in [2.75, 3.05) is 0 Å². The van der Waals surface area contributed by atoms with Gasteiger partial charge in [-0.05, 0) is 87.9 Å². The molecule has 3 saturated carbocycles. The molecule has 0 heterocycles. The Morgan fingerprint density at radius 3 is 1.80 bits per heavy atom. The third-order valence-corrected chi connectivity index (χ3v) is 8.90. The van der Waals surface area contributed by atoms with E-state index in [0.717, 1.165) is 49.4 Å². The first-order chi connectivity index (χ1) is 14.7. The third-order valence-electron chi connectivity index (χ3n) is 8.90. The minimum absolute atomic E-state index is 0.142. The average Bonchev–Trinajstić information content (AvgIpc) is 2.79. The SMILES string of the molecule is CCCCCCC1CCC(C2CCC(C(=O)OC3CCC(CCC)CC3)CC2)CC1. The summed E-state index contributed by atoms with van der Waals surface area (Å²) < 4.78 is 5.97. The fraction of sp³-hybridized carbons (Fsp3) is 0.964. The molecule has 3 fully saturated rings. The fourth-order valence-electron chi connectivity index (χ4n) is 6.84. The van der Waals surface area contributed by atoms with Crippen molar-refractivity contribution < 1.29 is 9.53 Å². The summed E-state index contributed by atoms with van der Waals surface area (Å²) in [4.78, 5) is 12.7. The van der Waals surface area contributed by atoms with Crippen LogP contribution in [0, 0.1) is 29.6 Å². The monoisotopic (exact) mass is 418 g/mol. The minimum atomic E-state index is 0.142. The van der Waals surface area contributed by atoms with E-state index >= 15 is 0 Å². The fourth-order valence-corrected chi connectivity index (χ4v) is 6.84. The summed E-state index contributed by atoms with van der Waals surface area (Å²) in [6.07, 6.45) is 25.3. The zero-order valence-electron chi connectivity index (χ0n) is 20.2. The Kier molecular flexibility index (Phi) is 10.5. The molecular weight excluding hydrogens is 368 g/mol. The maximum absolute atomic E-state index is 12.7. The number of hydrogen-bond acceptors (Lipinski definition) is 2. The van der Waals surface area contributed by atoms with Crippen molar-refractivity contribution in [2.45, 2.75) is 142 Å². The summed E-state index contributed by atoms with van der Waals surface area (Å²) in [6.45, 7) is 4.58. The van der Waals surface area contributed by atoms with Gasteiger partial charge in [0.2, 0.25) is 0 Å². The van der Waals surface area contributed by atoms with Crippen LogP contribution in [-0.4, -0.2) is 12.1 Å². The molecule has 0 atom stereocenters. The van der Waals surface area contributed by atoms with E-state index in [9.17, 15) is 4.79 Å². The van der Waals surface area contributed by atoms with Gasteiger partial charge in [0.15, 0.2) is 0 Å². The molecule has 3 rings (SSSR count). The molecule has 0 aromatic carbocycles. The molecule has 30 heavy (non-hydrogen) atoms. The van der Waals surface area contributed by atoms with Crippen molar-refractivity contribution in [3.63, 3.8) is 0 Å². The van der Waals surface area contributed by atoms with Crippen LogP contribution in [0.15, 0.2) is 0 Å². The summed E-state index contributed by atoms with van der Waals surface area (Å²) in [5.41, 5.74) is 0. The number of ether oxygens (including phenoxy) is 1. The second-order valence-corrected chi connectivity index (χ2v) is 11.1. The number of carbonyl (C=O) groups is 1. The Balaban J connectivity index is 1.29. The van der Waals surface area contributed by atoms with Crippen LogP contribution in [0.2, 0.25) is 0 Å². The van der Waals surface area contributed by atoms with Gasteiger partial charge in [-0.15, -0.1) is 0 Å². The molecule has 0 aromatic heterocycles. The van der Waals surface area contributed by atoms with Crippen molar-refractivity contribution in [2.24, 2.45) is 29.6 Å². The molecule has 0 aromatic rings. The van der Waals surface area contributed by atoms with Gasteiger partial charge in [0.05, 0.1) is 5.92 Å². The summed E-state index contributed by atoms with van der Waals surface area (Å²) >= 11 is 0. The van der Waals surface area contributed by atoms with Crippen LogP contribution in [0.3, 0.4) is 0 Å². The maximum atomic E-state index is 12.7. The Morgan fingerprint density at radius 2 is 1.20 bits per heavy atom. The smallest absolute Gasteiger partial charge is 0.309 e. The van der Waals surface area contributed by atoms with Gasteiger partial charge in [-0.3, -0.25) is 4.79 Å². The van der Waals surface area contributed by atoms with E-state index in [-0.39, 0.29) is 18.0 Å². The highest BCUT2D eigenvalue weighted by molar-refractivity contribution is 5.72. The van der Waals surface area contributed by atoms with Gasteiger partial charge in [0.1, 0.15) is 6.10 Å². The Bertz CT molecular complexity index is 463. The van der Waals surface area contributed by atoms with E-state index in [2.05, 4.69) is 13.8 Å². The predicted octanol–water partition coefficient (Wildman–Crippen LogP) is 8.47. The third kappa shape index (κ3) is 7.56. The van der Waals surface area contributed by atoms with E-state index in [4.69, 9.17) is 4.74 Å². The summed E-state index contributed by atoms with van der Waals surface area (Å²) in [5.74, 6) is 4.07. The molecule has 0 bridgehead atoms. The Labute approximate surface area is 187 Å². The first-order valence-corrected chi connectivity index (χ1v) is 13.9. The van der Waals surface area contributed by atoms with Gasteiger partial charge >= 0.3 is 5.97 Å². The Hall–Kier alpha value is -0.530. The van der Waals surface area contributed by atoms with Gasteiger partial charge in [-0.2, -0.15) is 0 Å². The highest BCUT2D eigenvalue weighted by atomic mass is 16.5. The lowest BCUT2D eigenvalue weighted by atomic mass is 9.68. The normalized spacial score (nSPS) is 35.1. The summed E-state index contributed by atoms with van der Waals surface area (Å²) in [5, 5.41) is 0. The lowest BCUT2D eigenvalue weighted by molar-refractivity contribution is -0.157. The van der Waals surface area contributed by atoms with Crippen LogP contribution in [-0.2, 0) is 9.53 Å². The van der Waals surface area contributed by atoms with Crippen molar-refractivity contribution in [3.8, 4) is 0 Å². The van der Waals surface area contributed by atoms with E-state index in [1.165, 1.54) is 96.3 Å². The molecule has 3 aliphatic carbocycles. The zero-order chi connectivity index (χ0) is 21.2. The second kappa shape index (κ2) is 13.1. The van der Waals surface area contributed by atoms with Crippen LogP contribution in [0.1, 0.15) is 136 Å². The first-order valence-electron chi connectivity index (χ1n) is 13.9. The molecule has 0 radical (unpaired) electrons. The van der Waals surface area contributed by atoms with Crippen LogP contribution in [0.4, 0.5) is 0 Å². The van der Waals surface area contributed by atoms with Crippen molar-refractivity contribution in [3.05, 3.63) is 0 Å². The standard InChI is InChI=1S/C28H50O2/c1-3-5-6-7-9-23-10-14-24(15-11-23)25-16-18-26(19-17-25)28(29)30-27-20-12-22(8-4-2)13-21-27/h22-27H,3-21H2,1-2H3. The van der Waals surface area contributed by atoms with Gasteiger partial charge in [0.25, 0.3) is 0 Å². The highest BCUT2D eigenvalue weighted by Crippen LogP contribution is 2.43. The lowest BCUT2D eigenvalue weighted by Gasteiger charge is -2.38. The van der Waals surface area contributed by atoms with E-state index in [0.29, 0.717) is 0 Å². The van der Waals surface area contributed by atoms with Crippen molar-refractivity contribution in [1.29, 1.82) is 0 Å². The number of esters is 1. The molecular formula is C28H50O2. The van der Waals surface area contributed by atoms with E-state index in [1.54, 1.807) is 0 Å².